The smallest absolute Gasteiger partial charge is 0.338 e. The van der Waals surface area contributed by atoms with Gasteiger partial charge in [0.25, 0.3) is 5.91 Å². The van der Waals surface area contributed by atoms with Crippen LogP contribution in [-0.4, -0.2) is 35.0 Å². The van der Waals surface area contributed by atoms with E-state index in [-0.39, 0.29) is 22.6 Å². The largest absolute Gasteiger partial charge is 0.478 e. The third kappa shape index (κ3) is 2.71. The van der Waals surface area contributed by atoms with Crippen molar-refractivity contribution in [3.63, 3.8) is 0 Å². The van der Waals surface area contributed by atoms with E-state index in [4.69, 9.17) is 9.52 Å². The SMILES string of the molecule is CC(C)C1(C)CCN(C(=O)c2cc(C(=O)O)co2)CC1. The number of carboxylic acids is 1. The first kappa shape index (κ1) is 14.6. The minimum Gasteiger partial charge on any atom is -0.478 e. The lowest BCUT2D eigenvalue weighted by molar-refractivity contribution is 0.0481. The minimum absolute atomic E-state index is 0.0115. The lowest BCUT2D eigenvalue weighted by atomic mass is 9.72. The van der Waals surface area contributed by atoms with Crippen LogP contribution in [0.5, 0.6) is 0 Å². The van der Waals surface area contributed by atoms with E-state index < -0.39 is 5.97 Å². The van der Waals surface area contributed by atoms with E-state index in [1.807, 2.05) is 0 Å². The van der Waals surface area contributed by atoms with Crippen molar-refractivity contribution >= 4 is 11.9 Å². The Kier molecular flexibility index (Phi) is 3.88. The van der Waals surface area contributed by atoms with Gasteiger partial charge >= 0.3 is 5.97 Å². The molecule has 5 nitrogen and oxygen atoms in total. The van der Waals surface area contributed by atoms with Gasteiger partial charge in [0.05, 0.1) is 5.56 Å². The first-order valence-electron chi connectivity index (χ1n) is 6.94. The van der Waals surface area contributed by atoms with Gasteiger partial charge in [0.2, 0.25) is 0 Å². The molecular formula is C15H21NO4. The Morgan fingerprint density at radius 1 is 1.35 bits per heavy atom. The van der Waals surface area contributed by atoms with Crippen molar-refractivity contribution < 1.29 is 19.1 Å². The second kappa shape index (κ2) is 5.31. The molecule has 0 bridgehead atoms. The summed E-state index contributed by atoms with van der Waals surface area (Å²) in [6.07, 6.45) is 3.03. The second-order valence-corrected chi connectivity index (χ2v) is 6.11. The van der Waals surface area contributed by atoms with Gasteiger partial charge in [-0.15, -0.1) is 0 Å². The molecule has 1 N–H and O–H groups in total. The lowest BCUT2D eigenvalue weighted by Crippen LogP contribution is -2.43. The first-order chi connectivity index (χ1) is 9.33. The molecule has 0 saturated carbocycles. The molecule has 1 aliphatic heterocycles. The van der Waals surface area contributed by atoms with Crippen molar-refractivity contribution in [1.82, 2.24) is 4.90 Å². The molecule has 2 heterocycles. The summed E-state index contributed by atoms with van der Waals surface area (Å²) in [5.41, 5.74) is 0.281. The van der Waals surface area contributed by atoms with Crippen molar-refractivity contribution in [1.29, 1.82) is 0 Å². The second-order valence-electron chi connectivity index (χ2n) is 6.11. The number of rotatable bonds is 3. The average Bonchev–Trinajstić information content (AvgIpc) is 2.88. The molecule has 0 aliphatic carbocycles. The molecule has 2 rings (SSSR count). The Morgan fingerprint density at radius 3 is 2.40 bits per heavy atom. The van der Waals surface area contributed by atoms with Gasteiger partial charge in [0, 0.05) is 19.2 Å². The van der Waals surface area contributed by atoms with Gasteiger partial charge in [-0.05, 0) is 24.2 Å². The summed E-state index contributed by atoms with van der Waals surface area (Å²) in [6.45, 7) is 8.06. The number of carbonyl (C=O) groups is 2. The summed E-state index contributed by atoms with van der Waals surface area (Å²) in [5.74, 6) is -0.611. The monoisotopic (exact) mass is 279 g/mol. The highest BCUT2D eigenvalue weighted by Gasteiger charge is 2.35. The standard InChI is InChI=1S/C15H21NO4/c1-10(2)15(3)4-6-16(7-5-15)13(17)12-8-11(9-20-12)14(18)19/h8-10H,4-7H2,1-3H3,(H,18,19). The highest BCUT2D eigenvalue weighted by molar-refractivity contribution is 5.95. The first-order valence-corrected chi connectivity index (χ1v) is 6.94. The van der Waals surface area contributed by atoms with Crippen molar-refractivity contribution in [3.05, 3.63) is 23.7 Å². The van der Waals surface area contributed by atoms with Crippen molar-refractivity contribution in [3.8, 4) is 0 Å². The van der Waals surface area contributed by atoms with Crippen LogP contribution in [0.1, 0.15) is 54.5 Å². The number of piperidine rings is 1. The predicted octanol–water partition coefficient (Wildman–Crippen LogP) is 2.88. The molecule has 5 heteroatoms. The van der Waals surface area contributed by atoms with E-state index >= 15 is 0 Å². The maximum absolute atomic E-state index is 12.3. The predicted molar refractivity (Wildman–Crippen MR) is 73.7 cm³/mol. The van der Waals surface area contributed by atoms with Gasteiger partial charge in [-0.25, -0.2) is 4.79 Å². The number of furan rings is 1. The fourth-order valence-electron chi connectivity index (χ4n) is 2.51. The zero-order valence-corrected chi connectivity index (χ0v) is 12.2. The molecular weight excluding hydrogens is 258 g/mol. The van der Waals surface area contributed by atoms with Crippen LogP contribution in [0.25, 0.3) is 0 Å². The molecule has 1 aliphatic rings. The number of nitrogens with zero attached hydrogens (tertiary/aromatic N) is 1. The van der Waals surface area contributed by atoms with E-state index in [2.05, 4.69) is 20.8 Å². The van der Waals surface area contributed by atoms with Crippen LogP contribution < -0.4 is 0 Å². The zero-order valence-electron chi connectivity index (χ0n) is 12.2. The van der Waals surface area contributed by atoms with Crippen LogP contribution in [0.4, 0.5) is 0 Å². The van der Waals surface area contributed by atoms with Crippen LogP contribution in [0.3, 0.4) is 0 Å². The molecule has 1 amide bonds. The Hall–Kier alpha value is -1.78. The fourth-order valence-corrected chi connectivity index (χ4v) is 2.51. The lowest BCUT2D eigenvalue weighted by Gasteiger charge is -2.42. The number of hydrogen-bond acceptors (Lipinski definition) is 3. The summed E-state index contributed by atoms with van der Waals surface area (Å²) < 4.78 is 5.07. The Morgan fingerprint density at radius 2 is 1.95 bits per heavy atom. The Balaban J connectivity index is 2.03. The van der Waals surface area contributed by atoms with E-state index in [9.17, 15) is 9.59 Å². The van der Waals surface area contributed by atoms with Crippen LogP contribution in [-0.2, 0) is 0 Å². The third-order valence-corrected chi connectivity index (χ3v) is 4.64. The Labute approximate surface area is 118 Å². The maximum atomic E-state index is 12.3. The number of hydrogen-bond donors (Lipinski definition) is 1. The van der Waals surface area contributed by atoms with E-state index in [0.29, 0.717) is 19.0 Å². The normalized spacial score (nSPS) is 18.3. The molecule has 0 unspecified atom stereocenters. The summed E-state index contributed by atoms with van der Waals surface area (Å²) in [6, 6.07) is 1.29. The summed E-state index contributed by atoms with van der Waals surface area (Å²) in [4.78, 5) is 24.8. The molecule has 0 radical (unpaired) electrons. The number of aromatic carboxylic acids is 1. The molecule has 1 aromatic rings. The zero-order chi connectivity index (χ0) is 14.9. The van der Waals surface area contributed by atoms with Gasteiger partial charge in [0.1, 0.15) is 6.26 Å². The van der Waals surface area contributed by atoms with Crippen molar-refractivity contribution in [2.24, 2.45) is 11.3 Å². The van der Waals surface area contributed by atoms with Gasteiger partial charge in [-0.3, -0.25) is 4.79 Å². The van der Waals surface area contributed by atoms with Crippen LogP contribution in [0, 0.1) is 11.3 Å². The van der Waals surface area contributed by atoms with E-state index in [0.717, 1.165) is 19.1 Å². The molecule has 110 valence electrons. The number of likely N-dealkylation sites (tertiary alicyclic amines) is 1. The minimum atomic E-state index is -1.08. The molecule has 1 saturated heterocycles. The summed E-state index contributed by atoms with van der Waals surface area (Å²) in [7, 11) is 0. The number of amides is 1. The average molecular weight is 279 g/mol. The molecule has 0 spiro atoms. The summed E-state index contributed by atoms with van der Waals surface area (Å²) in [5, 5.41) is 8.84. The van der Waals surface area contributed by atoms with Gasteiger partial charge < -0.3 is 14.4 Å². The van der Waals surface area contributed by atoms with E-state index in [1.165, 1.54) is 6.07 Å². The number of carbonyl (C=O) groups excluding carboxylic acids is 1. The van der Waals surface area contributed by atoms with Gasteiger partial charge in [-0.2, -0.15) is 0 Å². The Bertz CT molecular complexity index is 510. The highest BCUT2D eigenvalue weighted by Crippen LogP contribution is 2.38. The topological polar surface area (TPSA) is 70.8 Å². The van der Waals surface area contributed by atoms with Crippen molar-refractivity contribution in [2.45, 2.75) is 33.6 Å². The summed E-state index contributed by atoms with van der Waals surface area (Å²) >= 11 is 0. The number of carboxylic acid groups (broad SMARTS) is 1. The molecule has 20 heavy (non-hydrogen) atoms. The van der Waals surface area contributed by atoms with E-state index in [1.54, 1.807) is 4.90 Å². The third-order valence-electron chi connectivity index (χ3n) is 4.64. The molecule has 0 aromatic carbocycles. The van der Waals surface area contributed by atoms with Crippen LogP contribution in [0.2, 0.25) is 0 Å². The van der Waals surface area contributed by atoms with Gasteiger partial charge in [-0.1, -0.05) is 20.8 Å². The van der Waals surface area contributed by atoms with Gasteiger partial charge in [0.15, 0.2) is 5.76 Å². The quantitative estimate of drug-likeness (QED) is 0.923. The van der Waals surface area contributed by atoms with Crippen molar-refractivity contribution in [2.75, 3.05) is 13.1 Å². The molecule has 1 aromatic heterocycles. The molecule has 0 atom stereocenters. The maximum Gasteiger partial charge on any atom is 0.338 e. The van der Waals surface area contributed by atoms with Crippen LogP contribution in [0.15, 0.2) is 16.7 Å². The van der Waals surface area contributed by atoms with Crippen LogP contribution >= 0.6 is 0 Å². The fraction of sp³-hybridized carbons (Fsp3) is 0.600. The molecule has 1 fully saturated rings. The highest BCUT2D eigenvalue weighted by atomic mass is 16.4.